The predicted octanol–water partition coefficient (Wildman–Crippen LogP) is 4.88. The first-order chi connectivity index (χ1) is 18.9. The summed E-state index contributed by atoms with van der Waals surface area (Å²) in [4.78, 5) is 29.4. The zero-order valence-electron chi connectivity index (χ0n) is 22.6. The van der Waals surface area contributed by atoms with Crippen molar-refractivity contribution >= 4 is 29.2 Å². The summed E-state index contributed by atoms with van der Waals surface area (Å²) in [6, 6.07) is 10.6. The van der Waals surface area contributed by atoms with Crippen molar-refractivity contribution in [2.24, 2.45) is 0 Å². The predicted molar refractivity (Wildman–Crippen MR) is 154 cm³/mol. The van der Waals surface area contributed by atoms with Crippen LogP contribution in [0.2, 0.25) is 0 Å². The second-order valence-corrected chi connectivity index (χ2v) is 10.0. The summed E-state index contributed by atoms with van der Waals surface area (Å²) in [6.07, 6.45) is 6.47. The molecule has 1 heterocycles. The summed E-state index contributed by atoms with van der Waals surface area (Å²) in [5.74, 6) is -1.09. The van der Waals surface area contributed by atoms with Crippen LogP contribution in [0.1, 0.15) is 49.7 Å². The summed E-state index contributed by atoms with van der Waals surface area (Å²) in [7, 11) is 0. The van der Waals surface area contributed by atoms with Crippen molar-refractivity contribution in [2.75, 3.05) is 32.8 Å². The van der Waals surface area contributed by atoms with Crippen LogP contribution in [0.25, 0.3) is 10.9 Å². The second-order valence-electron chi connectivity index (χ2n) is 10.0. The molecule has 1 aliphatic rings. The van der Waals surface area contributed by atoms with Crippen molar-refractivity contribution in [3.05, 3.63) is 75.6 Å². The Balaban J connectivity index is 0.00000441. The third kappa shape index (κ3) is 8.49. The Morgan fingerprint density at radius 2 is 1.75 bits per heavy atom. The van der Waals surface area contributed by atoms with E-state index in [1.54, 1.807) is 12.1 Å². The Hall–Kier alpha value is -3.01. The number of carbonyl (C=O) groups excluding carboxylic acids is 1. The van der Waals surface area contributed by atoms with Gasteiger partial charge in [0.15, 0.2) is 0 Å². The number of aromatic hydroxyl groups is 1. The maximum absolute atomic E-state index is 13.8. The summed E-state index contributed by atoms with van der Waals surface area (Å²) in [6.45, 7) is 2.27. The average molecular weight is 578 g/mol. The zero-order valence-corrected chi connectivity index (χ0v) is 23.4. The van der Waals surface area contributed by atoms with Crippen molar-refractivity contribution in [3.63, 3.8) is 0 Å². The van der Waals surface area contributed by atoms with Gasteiger partial charge in [-0.1, -0.05) is 31.4 Å². The Morgan fingerprint density at radius 1 is 1.00 bits per heavy atom. The van der Waals surface area contributed by atoms with E-state index in [1.165, 1.54) is 30.7 Å². The molecule has 10 heteroatoms. The molecule has 1 amide bonds. The number of pyridine rings is 1. The number of aromatic amines is 1. The van der Waals surface area contributed by atoms with Crippen LogP contribution in [0.5, 0.6) is 5.75 Å². The zero-order chi connectivity index (χ0) is 27.6. The standard InChI is InChI=1S/C30H37F2N3O4.ClH/c31-25-7-4-8-26(32)24(25)14-19-39-20-15-29(38)35(22-5-2-1-3-6-22)18-17-33-16-13-21-9-11-27(36)30-23(21)10-12-28(37)34-30;/h4,7-12,22,33,36H,1-3,5-6,13-20H2,(H,34,37);1H. The van der Waals surface area contributed by atoms with E-state index in [9.17, 15) is 23.5 Å². The largest absolute Gasteiger partial charge is 0.506 e. The number of nitrogens with zero attached hydrogens (tertiary/aromatic N) is 1. The molecule has 0 aliphatic heterocycles. The van der Waals surface area contributed by atoms with Crippen molar-refractivity contribution in [2.45, 2.75) is 57.4 Å². The number of amides is 1. The third-order valence-electron chi connectivity index (χ3n) is 7.42. The van der Waals surface area contributed by atoms with Gasteiger partial charge in [0, 0.05) is 42.6 Å². The highest BCUT2D eigenvalue weighted by Gasteiger charge is 2.24. The normalized spacial score (nSPS) is 13.8. The third-order valence-corrected chi connectivity index (χ3v) is 7.42. The lowest BCUT2D eigenvalue weighted by atomic mass is 9.94. The van der Waals surface area contributed by atoms with E-state index >= 15 is 0 Å². The molecule has 3 aromatic rings. The average Bonchev–Trinajstić information content (AvgIpc) is 2.93. The lowest BCUT2D eigenvalue weighted by Crippen LogP contribution is -2.45. The molecule has 4 rings (SSSR count). The van der Waals surface area contributed by atoms with Crippen LogP contribution in [-0.2, 0) is 22.4 Å². The molecule has 1 saturated carbocycles. The molecule has 0 bridgehead atoms. The summed E-state index contributed by atoms with van der Waals surface area (Å²) in [5, 5.41) is 14.3. The number of H-pyrrole nitrogens is 1. The smallest absolute Gasteiger partial charge is 0.248 e. The first-order valence-electron chi connectivity index (χ1n) is 13.8. The van der Waals surface area contributed by atoms with Gasteiger partial charge in [-0.2, -0.15) is 0 Å². The molecule has 2 aromatic carbocycles. The quantitative estimate of drug-likeness (QED) is 0.252. The number of phenols is 1. The van der Waals surface area contributed by atoms with Crippen molar-refractivity contribution in [1.82, 2.24) is 15.2 Å². The molecule has 218 valence electrons. The first kappa shape index (κ1) is 31.5. The number of aromatic nitrogens is 1. The Kier molecular flexibility index (Phi) is 12.4. The van der Waals surface area contributed by atoms with Gasteiger partial charge in [0.2, 0.25) is 11.5 Å². The second kappa shape index (κ2) is 15.7. The van der Waals surface area contributed by atoms with Gasteiger partial charge in [0.1, 0.15) is 17.4 Å². The van der Waals surface area contributed by atoms with Gasteiger partial charge >= 0.3 is 0 Å². The van der Waals surface area contributed by atoms with Gasteiger partial charge in [-0.05, 0) is 55.6 Å². The van der Waals surface area contributed by atoms with E-state index in [1.807, 2.05) is 11.0 Å². The van der Waals surface area contributed by atoms with Crippen LogP contribution in [0.4, 0.5) is 8.78 Å². The van der Waals surface area contributed by atoms with Gasteiger partial charge in [0.25, 0.3) is 0 Å². The fraction of sp³-hybridized carbons (Fsp3) is 0.467. The minimum atomic E-state index is -0.584. The molecule has 7 nitrogen and oxygen atoms in total. The lowest BCUT2D eigenvalue weighted by molar-refractivity contribution is -0.135. The van der Waals surface area contributed by atoms with Crippen LogP contribution >= 0.6 is 12.4 Å². The number of nitrogens with one attached hydrogen (secondary N) is 2. The van der Waals surface area contributed by atoms with Crippen molar-refractivity contribution in [3.8, 4) is 5.75 Å². The number of hydrogen-bond acceptors (Lipinski definition) is 5. The molecule has 0 atom stereocenters. The number of ether oxygens (including phenoxy) is 1. The minimum Gasteiger partial charge on any atom is -0.506 e. The maximum atomic E-state index is 13.8. The lowest BCUT2D eigenvalue weighted by Gasteiger charge is -2.34. The minimum absolute atomic E-state index is 0. The highest BCUT2D eigenvalue weighted by molar-refractivity contribution is 5.87. The summed E-state index contributed by atoms with van der Waals surface area (Å²) < 4.78 is 33.1. The van der Waals surface area contributed by atoms with Crippen LogP contribution in [0.3, 0.4) is 0 Å². The number of benzene rings is 2. The Morgan fingerprint density at radius 3 is 2.50 bits per heavy atom. The highest BCUT2D eigenvalue weighted by Crippen LogP contribution is 2.25. The summed E-state index contributed by atoms with van der Waals surface area (Å²) >= 11 is 0. The molecule has 1 aliphatic carbocycles. The molecule has 3 N–H and O–H groups in total. The van der Waals surface area contributed by atoms with E-state index in [0.717, 1.165) is 36.6 Å². The molecular formula is C30H38ClF2N3O4. The van der Waals surface area contributed by atoms with E-state index < -0.39 is 11.6 Å². The molecular weight excluding hydrogens is 540 g/mol. The molecule has 0 spiro atoms. The SMILES string of the molecule is Cl.O=C(CCOCCc1c(F)cccc1F)N(CCNCCc1ccc(O)c2[nH]c(=O)ccc12)C1CCCCC1. The molecule has 0 radical (unpaired) electrons. The van der Waals surface area contributed by atoms with E-state index in [2.05, 4.69) is 10.3 Å². The first-order valence-corrected chi connectivity index (χ1v) is 13.8. The number of hydrogen-bond donors (Lipinski definition) is 3. The van der Waals surface area contributed by atoms with Crippen LogP contribution in [0.15, 0.2) is 47.3 Å². The van der Waals surface area contributed by atoms with E-state index in [-0.39, 0.29) is 67.3 Å². The molecule has 1 fully saturated rings. The van der Waals surface area contributed by atoms with E-state index in [4.69, 9.17) is 4.74 Å². The van der Waals surface area contributed by atoms with Gasteiger partial charge in [-0.25, -0.2) is 8.78 Å². The van der Waals surface area contributed by atoms with Gasteiger partial charge in [0.05, 0.1) is 25.2 Å². The molecule has 40 heavy (non-hydrogen) atoms. The molecule has 0 unspecified atom stereocenters. The van der Waals surface area contributed by atoms with Gasteiger partial charge < -0.3 is 25.0 Å². The number of carbonyl (C=O) groups is 1. The number of halogens is 3. The number of phenolic OH excluding ortho intramolecular Hbond substituents is 1. The van der Waals surface area contributed by atoms with Crippen LogP contribution < -0.4 is 10.9 Å². The summed E-state index contributed by atoms with van der Waals surface area (Å²) in [5.41, 5.74) is 1.20. The van der Waals surface area contributed by atoms with Crippen LogP contribution in [0, 0.1) is 11.6 Å². The van der Waals surface area contributed by atoms with E-state index in [0.29, 0.717) is 31.6 Å². The maximum Gasteiger partial charge on any atom is 0.248 e. The molecule has 1 aromatic heterocycles. The Labute approximate surface area is 239 Å². The number of fused-ring (bicyclic) bond motifs is 1. The van der Waals surface area contributed by atoms with Gasteiger partial charge in [-0.3, -0.25) is 9.59 Å². The highest BCUT2D eigenvalue weighted by atomic mass is 35.5. The monoisotopic (exact) mass is 577 g/mol. The fourth-order valence-electron chi connectivity index (χ4n) is 5.32. The molecule has 0 saturated heterocycles. The van der Waals surface area contributed by atoms with Gasteiger partial charge in [-0.15, -0.1) is 12.4 Å². The fourth-order valence-corrected chi connectivity index (χ4v) is 5.32. The van der Waals surface area contributed by atoms with Crippen molar-refractivity contribution in [1.29, 1.82) is 0 Å². The Bertz CT molecular complexity index is 1290. The number of rotatable bonds is 13. The van der Waals surface area contributed by atoms with Crippen LogP contribution in [-0.4, -0.2) is 59.8 Å². The topological polar surface area (TPSA) is 94.7 Å². The van der Waals surface area contributed by atoms with Crippen molar-refractivity contribution < 1.29 is 23.4 Å².